The number of carbonyl (C=O) groups is 2. The second-order valence-electron chi connectivity index (χ2n) is 5.39. The summed E-state index contributed by atoms with van der Waals surface area (Å²) < 4.78 is 5.62. The summed E-state index contributed by atoms with van der Waals surface area (Å²) in [5.41, 5.74) is 0.847. The third-order valence-corrected chi connectivity index (χ3v) is 3.29. The summed E-state index contributed by atoms with van der Waals surface area (Å²) in [4.78, 5) is 27.4. The van der Waals surface area contributed by atoms with Crippen LogP contribution in [0.4, 0.5) is 0 Å². The smallest absolute Gasteiger partial charge is 0.225 e. The number of hydrogen-bond acceptors (Lipinski definition) is 4. The van der Waals surface area contributed by atoms with Crippen molar-refractivity contribution in [1.29, 1.82) is 0 Å². The maximum absolute atomic E-state index is 12.1. The van der Waals surface area contributed by atoms with Crippen molar-refractivity contribution in [3.8, 4) is 5.88 Å². The number of nitrogens with one attached hydrogen (secondary N) is 2. The van der Waals surface area contributed by atoms with Crippen molar-refractivity contribution in [2.75, 3.05) is 6.54 Å². The van der Waals surface area contributed by atoms with Gasteiger partial charge in [-0.1, -0.05) is 6.07 Å². The molecule has 1 fully saturated rings. The minimum Gasteiger partial charge on any atom is -0.475 e. The van der Waals surface area contributed by atoms with Crippen LogP contribution in [0.15, 0.2) is 18.3 Å². The van der Waals surface area contributed by atoms with Gasteiger partial charge in [-0.05, 0) is 26.3 Å². The fraction of sp³-hybridized carbons (Fsp3) is 0.533. The molecule has 1 aromatic heterocycles. The number of pyridine rings is 1. The molecule has 6 heteroatoms. The monoisotopic (exact) mass is 291 g/mol. The Hall–Kier alpha value is -2.11. The number of rotatable bonds is 5. The normalized spacial score (nSPS) is 18.2. The zero-order chi connectivity index (χ0) is 15.2. The van der Waals surface area contributed by atoms with Crippen molar-refractivity contribution in [2.24, 2.45) is 5.92 Å². The first-order valence-electron chi connectivity index (χ1n) is 7.21. The SMILES string of the molecule is CC(C)Oc1ncccc1CNC(=O)[C@@H]1CCC(=O)NC1. The van der Waals surface area contributed by atoms with Gasteiger partial charge in [-0.25, -0.2) is 4.98 Å². The van der Waals surface area contributed by atoms with Gasteiger partial charge in [0.05, 0.1) is 12.0 Å². The summed E-state index contributed by atoms with van der Waals surface area (Å²) in [6.45, 7) is 4.65. The summed E-state index contributed by atoms with van der Waals surface area (Å²) in [6.07, 6.45) is 2.70. The Balaban J connectivity index is 1.90. The van der Waals surface area contributed by atoms with Crippen molar-refractivity contribution < 1.29 is 14.3 Å². The molecule has 1 aliphatic heterocycles. The molecule has 0 aliphatic carbocycles. The lowest BCUT2D eigenvalue weighted by Crippen LogP contribution is -2.42. The third kappa shape index (κ3) is 4.44. The maximum atomic E-state index is 12.1. The predicted molar refractivity (Wildman–Crippen MR) is 77.6 cm³/mol. The van der Waals surface area contributed by atoms with E-state index in [0.29, 0.717) is 31.8 Å². The molecule has 2 rings (SSSR count). The molecule has 114 valence electrons. The lowest BCUT2D eigenvalue weighted by Gasteiger charge is -2.21. The topological polar surface area (TPSA) is 80.3 Å². The molecule has 0 aromatic carbocycles. The highest BCUT2D eigenvalue weighted by atomic mass is 16.5. The van der Waals surface area contributed by atoms with Gasteiger partial charge in [0.15, 0.2) is 0 Å². The first-order valence-corrected chi connectivity index (χ1v) is 7.21. The number of amides is 2. The van der Waals surface area contributed by atoms with Gasteiger partial charge >= 0.3 is 0 Å². The van der Waals surface area contributed by atoms with Gasteiger partial charge < -0.3 is 15.4 Å². The lowest BCUT2D eigenvalue weighted by atomic mass is 9.98. The van der Waals surface area contributed by atoms with Crippen LogP contribution >= 0.6 is 0 Å². The van der Waals surface area contributed by atoms with Crippen LogP contribution in [0.1, 0.15) is 32.3 Å². The Morgan fingerprint density at radius 3 is 3.05 bits per heavy atom. The Bertz CT molecular complexity index is 507. The van der Waals surface area contributed by atoms with Gasteiger partial charge in [0.25, 0.3) is 0 Å². The highest BCUT2D eigenvalue weighted by molar-refractivity contribution is 5.83. The van der Waals surface area contributed by atoms with Crippen LogP contribution in [0.25, 0.3) is 0 Å². The Morgan fingerprint density at radius 2 is 2.38 bits per heavy atom. The van der Waals surface area contributed by atoms with Gasteiger partial charge in [0.2, 0.25) is 17.7 Å². The first-order chi connectivity index (χ1) is 10.1. The summed E-state index contributed by atoms with van der Waals surface area (Å²) >= 11 is 0. The van der Waals surface area contributed by atoms with Gasteiger partial charge in [0.1, 0.15) is 0 Å². The van der Waals surface area contributed by atoms with Crippen LogP contribution in [0.3, 0.4) is 0 Å². The average molecular weight is 291 g/mol. The third-order valence-electron chi connectivity index (χ3n) is 3.29. The van der Waals surface area contributed by atoms with Crippen molar-refractivity contribution in [2.45, 2.75) is 39.3 Å². The van der Waals surface area contributed by atoms with Crippen molar-refractivity contribution in [3.63, 3.8) is 0 Å². The molecule has 21 heavy (non-hydrogen) atoms. The van der Waals surface area contributed by atoms with E-state index < -0.39 is 0 Å². The average Bonchev–Trinajstić information content (AvgIpc) is 2.46. The van der Waals surface area contributed by atoms with E-state index in [2.05, 4.69) is 15.6 Å². The lowest BCUT2D eigenvalue weighted by molar-refractivity contribution is -0.129. The van der Waals surface area contributed by atoms with Gasteiger partial charge in [-0.15, -0.1) is 0 Å². The zero-order valence-electron chi connectivity index (χ0n) is 12.4. The van der Waals surface area contributed by atoms with Crippen molar-refractivity contribution in [3.05, 3.63) is 23.9 Å². The van der Waals surface area contributed by atoms with Crippen molar-refractivity contribution in [1.82, 2.24) is 15.6 Å². The van der Waals surface area contributed by atoms with E-state index in [-0.39, 0.29) is 23.8 Å². The quantitative estimate of drug-likeness (QED) is 0.848. The van der Waals surface area contributed by atoms with Crippen molar-refractivity contribution >= 4 is 11.8 Å². The predicted octanol–water partition coefficient (Wildman–Crippen LogP) is 1.01. The number of piperidine rings is 1. The van der Waals surface area contributed by atoms with E-state index in [1.54, 1.807) is 6.20 Å². The minimum absolute atomic E-state index is 0.0129. The zero-order valence-corrected chi connectivity index (χ0v) is 12.4. The molecule has 0 unspecified atom stereocenters. The molecule has 6 nitrogen and oxygen atoms in total. The highest BCUT2D eigenvalue weighted by Crippen LogP contribution is 2.16. The minimum atomic E-state index is -0.158. The number of ether oxygens (including phenoxy) is 1. The summed E-state index contributed by atoms with van der Waals surface area (Å²) in [5, 5.41) is 5.60. The summed E-state index contributed by atoms with van der Waals surface area (Å²) in [7, 11) is 0. The van der Waals surface area contributed by atoms with Crippen LogP contribution in [0.2, 0.25) is 0 Å². The molecule has 1 saturated heterocycles. The summed E-state index contributed by atoms with van der Waals surface area (Å²) in [6, 6.07) is 3.70. The Morgan fingerprint density at radius 1 is 1.57 bits per heavy atom. The van der Waals surface area contributed by atoms with Crippen LogP contribution in [0, 0.1) is 5.92 Å². The fourth-order valence-corrected chi connectivity index (χ4v) is 2.17. The molecule has 2 N–H and O–H groups in total. The van der Waals surface area contributed by atoms with Gasteiger partial charge in [0, 0.05) is 31.3 Å². The first kappa shape index (κ1) is 15.3. The van der Waals surface area contributed by atoms with E-state index in [4.69, 9.17) is 4.74 Å². The molecule has 0 spiro atoms. The molecule has 1 aliphatic rings. The molecular weight excluding hydrogens is 270 g/mol. The maximum Gasteiger partial charge on any atom is 0.225 e. The van der Waals surface area contributed by atoms with E-state index in [9.17, 15) is 9.59 Å². The summed E-state index contributed by atoms with van der Waals surface area (Å²) in [5.74, 6) is 0.354. The van der Waals surface area contributed by atoms with Crippen LogP contribution in [-0.2, 0) is 16.1 Å². The van der Waals surface area contributed by atoms with Crippen LogP contribution < -0.4 is 15.4 Å². The Labute approximate surface area is 124 Å². The van der Waals surface area contributed by atoms with E-state index in [1.807, 2.05) is 26.0 Å². The molecule has 0 saturated carbocycles. The molecule has 2 amide bonds. The van der Waals surface area contributed by atoms with Gasteiger partial charge in [-0.2, -0.15) is 0 Å². The van der Waals surface area contributed by atoms with Crippen LogP contribution in [0.5, 0.6) is 5.88 Å². The number of nitrogens with zero attached hydrogens (tertiary/aromatic N) is 1. The number of aromatic nitrogens is 1. The van der Waals surface area contributed by atoms with Crippen LogP contribution in [-0.4, -0.2) is 29.4 Å². The largest absolute Gasteiger partial charge is 0.475 e. The molecular formula is C15H21N3O3. The fourth-order valence-electron chi connectivity index (χ4n) is 2.17. The second kappa shape index (κ2) is 7.06. The molecule has 0 radical (unpaired) electrons. The molecule has 0 bridgehead atoms. The van der Waals surface area contributed by atoms with E-state index in [1.165, 1.54) is 0 Å². The molecule has 1 aromatic rings. The number of carbonyl (C=O) groups excluding carboxylic acids is 2. The second-order valence-corrected chi connectivity index (χ2v) is 5.39. The van der Waals surface area contributed by atoms with E-state index >= 15 is 0 Å². The van der Waals surface area contributed by atoms with Gasteiger partial charge in [-0.3, -0.25) is 9.59 Å². The van der Waals surface area contributed by atoms with E-state index in [0.717, 1.165) is 5.56 Å². The standard InChI is InChI=1S/C15H21N3O3/c1-10(2)21-15-12(4-3-7-16-15)9-18-14(20)11-5-6-13(19)17-8-11/h3-4,7,10-11H,5-6,8-9H2,1-2H3,(H,17,19)(H,18,20)/t11-/m1/s1. The molecule has 1 atom stereocenters. The number of hydrogen-bond donors (Lipinski definition) is 2. The Kier molecular flexibility index (Phi) is 5.14. The molecule has 2 heterocycles. The highest BCUT2D eigenvalue weighted by Gasteiger charge is 2.24.